The van der Waals surface area contributed by atoms with Crippen LogP contribution >= 0.6 is 0 Å². The van der Waals surface area contributed by atoms with Gasteiger partial charge in [-0.05, 0) is 49.7 Å². The highest BCUT2D eigenvalue weighted by Crippen LogP contribution is 2.30. The molecular weight excluding hydrogens is 437 g/mol. The molecule has 1 saturated heterocycles. The first-order valence-corrected chi connectivity index (χ1v) is 11.7. The molecule has 0 amide bonds. The van der Waals surface area contributed by atoms with Gasteiger partial charge in [0.25, 0.3) is 0 Å². The van der Waals surface area contributed by atoms with Gasteiger partial charge >= 0.3 is 5.97 Å². The Balaban J connectivity index is 1.55. The minimum absolute atomic E-state index is 0.156. The maximum absolute atomic E-state index is 13.8. The largest absolute Gasteiger partial charge is 0.494 e. The Labute approximate surface area is 185 Å². The Hall–Kier alpha value is -3.11. The van der Waals surface area contributed by atoms with E-state index in [-0.39, 0.29) is 23.8 Å². The second-order valence-corrected chi connectivity index (χ2v) is 9.53. The van der Waals surface area contributed by atoms with Crippen LogP contribution in [0, 0.1) is 11.7 Å². The van der Waals surface area contributed by atoms with Crippen molar-refractivity contribution >= 4 is 33.6 Å². The van der Waals surface area contributed by atoms with Crippen LogP contribution in [0.5, 0.6) is 5.75 Å². The van der Waals surface area contributed by atoms with Crippen molar-refractivity contribution in [2.24, 2.45) is 11.0 Å². The zero-order valence-corrected chi connectivity index (χ0v) is 18.3. The van der Waals surface area contributed by atoms with Gasteiger partial charge in [0.2, 0.25) is 15.7 Å². The molecule has 0 saturated carbocycles. The quantitative estimate of drug-likeness (QED) is 0.641. The molecule has 32 heavy (non-hydrogen) atoms. The van der Waals surface area contributed by atoms with Crippen molar-refractivity contribution in [1.82, 2.24) is 4.31 Å². The summed E-state index contributed by atoms with van der Waals surface area (Å²) in [6.45, 7) is 2.94. The molecule has 2 aromatic rings. The number of hydrazone groups is 1. The van der Waals surface area contributed by atoms with Crippen molar-refractivity contribution < 1.29 is 32.1 Å². The van der Waals surface area contributed by atoms with Crippen LogP contribution in [0.25, 0.3) is 0 Å². The Morgan fingerprint density at radius 3 is 2.75 bits per heavy atom. The molecule has 0 radical (unpaired) electrons. The number of hydrogen-bond donors (Lipinski definition) is 1. The second kappa shape index (κ2) is 8.79. The number of rotatable bonds is 7. The van der Waals surface area contributed by atoms with Gasteiger partial charge in [-0.1, -0.05) is 4.68 Å². The molecule has 2 aliphatic rings. The summed E-state index contributed by atoms with van der Waals surface area (Å²) in [6.07, 6.45) is 2.02. The predicted octanol–water partition coefficient (Wildman–Crippen LogP) is 2.84. The molecule has 1 fully saturated rings. The van der Waals surface area contributed by atoms with E-state index >= 15 is 0 Å². The highest BCUT2D eigenvalue weighted by Gasteiger charge is 2.36. The SMILES string of the molecule is CCOc1ccc(S(=O)(=O)N2CCC(/C=[N+]3\N=C(CC(=O)O)c4ccc(F)cc43)C2)cc1. The van der Waals surface area contributed by atoms with E-state index < -0.39 is 21.8 Å². The molecule has 1 N–H and O–H groups in total. The standard InChI is InChI=1S/C22H22FN3O5S/c1-2-31-17-4-6-18(7-5-17)32(29,30)25-10-9-15(13-25)14-26-21-11-16(23)3-8-19(21)20(24-26)12-22(27)28/h3-8,11,14-15H,2,9-10,12-13H2,1H3/p+1/b26-14-. The first kappa shape index (κ1) is 22.1. The average molecular weight is 461 g/mol. The second-order valence-electron chi connectivity index (χ2n) is 7.59. The number of ether oxygens (including phenoxy) is 1. The van der Waals surface area contributed by atoms with E-state index in [9.17, 15) is 17.6 Å². The van der Waals surface area contributed by atoms with E-state index in [1.54, 1.807) is 18.3 Å². The molecule has 2 aromatic carbocycles. The molecule has 0 bridgehead atoms. The molecule has 1 atom stereocenters. The van der Waals surface area contributed by atoms with Crippen LogP contribution in [0.3, 0.4) is 0 Å². The third-order valence-electron chi connectivity index (χ3n) is 5.38. The van der Waals surface area contributed by atoms with Crippen LogP contribution in [0.15, 0.2) is 52.5 Å². The monoisotopic (exact) mass is 460 g/mol. The Bertz CT molecular complexity index is 1210. The van der Waals surface area contributed by atoms with Crippen LogP contribution in [-0.4, -0.2) is 60.1 Å². The number of carbonyl (C=O) groups is 1. The lowest BCUT2D eigenvalue weighted by molar-refractivity contribution is -0.438. The highest BCUT2D eigenvalue weighted by molar-refractivity contribution is 7.89. The fourth-order valence-corrected chi connectivity index (χ4v) is 5.39. The smallest absolute Gasteiger partial charge is 0.309 e. The number of sulfonamides is 1. The Morgan fingerprint density at radius 2 is 2.06 bits per heavy atom. The van der Waals surface area contributed by atoms with Crippen molar-refractivity contribution in [2.45, 2.75) is 24.7 Å². The van der Waals surface area contributed by atoms with Gasteiger partial charge in [0, 0.05) is 24.3 Å². The topological polar surface area (TPSA) is 99.3 Å². The van der Waals surface area contributed by atoms with Gasteiger partial charge in [0.05, 0.1) is 29.4 Å². The van der Waals surface area contributed by atoms with Crippen LogP contribution < -0.4 is 4.74 Å². The van der Waals surface area contributed by atoms with Crippen LogP contribution in [0.4, 0.5) is 10.1 Å². The van der Waals surface area contributed by atoms with Gasteiger partial charge in [0.15, 0.2) is 6.21 Å². The summed E-state index contributed by atoms with van der Waals surface area (Å²) in [7, 11) is -3.67. The summed E-state index contributed by atoms with van der Waals surface area (Å²) in [6, 6.07) is 10.4. The van der Waals surface area contributed by atoms with Gasteiger partial charge < -0.3 is 9.84 Å². The Kier molecular flexibility index (Phi) is 6.07. The first-order valence-electron chi connectivity index (χ1n) is 10.2. The first-order chi connectivity index (χ1) is 15.3. The molecule has 0 spiro atoms. The van der Waals surface area contributed by atoms with Crippen molar-refractivity contribution in [3.63, 3.8) is 0 Å². The van der Waals surface area contributed by atoms with Crippen LogP contribution in [0.2, 0.25) is 0 Å². The third kappa shape index (κ3) is 4.42. The van der Waals surface area contributed by atoms with E-state index in [0.717, 1.165) is 0 Å². The van der Waals surface area contributed by atoms with Gasteiger partial charge in [-0.25, -0.2) is 12.8 Å². The predicted molar refractivity (Wildman–Crippen MR) is 116 cm³/mol. The number of hydrogen-bond acceptors (Lipinski definition) is 5. The zero-order chi connectivity index (χ0) is 22.9. The lowest BCUT2D eigenvalue weighted by Crippen LogP contribution is -2.29. The minimum atomic E-state index is -3.67. The van der Waals surface area contributed by atoms with E-state index in [1.165, 1.54) is 39.3 Å². The summed E-state index contributed by atoms with van der Waals surface area (Å²) < 4.78 is 48.1. The van der Waals surface area contributed by atoms with Crippen LogP contribution in [-0.2, 0) is 14.8 Å². The molecule has 168 valence electrons. The van der Waals surface area contributed by atoms with Crippen molar-refractivity contribution in [3.05, 3.63) is 53.8 Å². The lowest BCUT2D eigenvalue weighted by Gasteiger charge is -2.16. The van der Waals surface area contributed by atoms with Crippen LogP contribution in [0.1, 0.15) is 25.3 Å². The summed E-state index contributed by atoms with van der Waals surface area (Å²) in [5.41, 5.74) is 1.34. The van der Waals surface area contributed by atoms with E-state index in [1.807, 2.05) is 6.92 Å². The maximum Gasteiger partial charge on any atom is 0.309 e. The number of nitrogens with zero attached hydrogens (tertiary/aromatic N) is 3. The van der Waals surface area contributed by atoms with Gasteiger partial charge in [0.1, 0.15) is 17.3 Å². The molecular formula is C22H23FN3O5S+. The van der Waals surface area contributed by atoms with Crippen molar-refractivity contribution in [3.8, 4) is 5.75 Å². The maximum atomic E-state index is 13.8. The molecule has 2 heterocycles. The number of carboxylic acids is 1. The third-order valence-corrected chi connectivity index (χ3v) is 7.26. The number of fused-ring (bicyclic) bond motifs is 1. The fraction of sp³-hybridized carbons (Fsp3) is 0.318. The van der Waals surface area contributed by atoms with Crippen molar-refractivity contribution in [1.29, 1.82) is 0 Å². The summed E-state index contributed by atoms with van der Waals surface area (Å²) >= 11 is 0. The molecule has 0 aromatic heterocycles. The normalized spacial score (nSPS) is 19.8. The number of halogens is 1. The number of carboxylic acid groups (broad SMARTS) is 1. The molecule has 2 aliphatic heterocycles. The number of benzene rings is 2. The average Bonchev–Trinajstić information content (AvgIpc) is 3.34. The zero-order valence-electron chi connectivity index (χ0n) is 17.4. The molecule has 4 rings (SSSR count). The Morgan fingerprint density at radius 1 is 1.31 bits per heavy atom. The molecule has 0 aliphatic carbocycles. The fourth-order valence-electron chi connectivity index (χ4n) is 3.88. The summed E-state index contributed by atoms with van der Waals surface area (Å²) in [5.74, 6) is -1.04. The van der Waals surface area contributed by atoms with E-state index in [2.05, 4.69) is 5.10 Å². The summed E-state index contributed by atoms with van der Waals surface area (Å²) in [4.78, 5) is 11.4. The van der Waals surface area contributed by atoms with E-state index in [0.29, 0.717) is 42.3 Å². The molecule has 10 heteroatoms. The van der Waals surface area contributed by atoms with Gasteiger partial charge in [-0.15, -0.1) is 0 Å². The van der Waals surface area contributed by atoms with Crippen molar-refractivity contribution in [2.75, 3.05) is 19.7 Å². The van der Waals surface area contributed by atoms with Gasteiger partial charge in [-0.2, -0.15) is 4.31 Å². The minimum Gasteiger partial charge on any atom is -0.494 e. The van der Waals surface area contributed by atoms with Gasteiger partial charge in [-0.3, -0.25) is 4.79 Å². The lowest BCUT2D eigenvalue weighted by atomic mass is 10.1. The summed E-state index contributed by atoms with van der Waals surface area (Å²) in [5, 5.41) is 13.5. The molecule has 8 nitrogen and oxygen atoms in total. The van der Waals surface area contributed by atoms with E-state index in [4.69, 9.17) is 9.84 Å². The number of aliphatic carboxylic acids is 1. The molecule has 1 unspecified atom stereocenters. The highest BCUT2D eigenvalue weighted by atomic mass is 32.2.